The van der Waals surface area contributed by atoms with Crippen LogP contribution in [0.5, 0.6) is 0 Å². The third kappa shape index (κ3) is 1.91. The number of aliphatic hydroxyl groups is 1. The van der Waals surface area contributed by atoms with Gasteiger partial charge in [-0.25, -0.2) is 0 Å². The van der Waals surface area contributed by atoms with E-state index in [1.54, 1.807) is 0 Å². The molecule has 0 spiro atoms. The van der Waals surface area contributed by atoms with Crippen LogP contribution in [0.25, 0.3) is 0 Å². The van der Waals surface area contributed by atoms with Crippen molar-refractivity contribution >= 4 is 0 Å². The zero-order valence-corrected chi connectivity index (χ0v) is 11.2. The highest BCUT2D eigenvalue weighted by Gasteiger charge is 2.64. The normalized spacial score (nSPS) is 47.5. The number of rotatable bonds is 5. The lowest BCUT2D eigenvalue weighted by atomic mass is 10.0. The van der Waals surface area contributed by atoms with Crippen molar-refractivity contribution in [1.29, 1.82) is 0 Å². The fourth-order valence-electron chi connectivity index (χ4n) is 5.20. The zero-order valence-electron chi connectivity index (χ0n) is 11.2. The van der Waals surface area contributed by atoms with Gasteiger partial charge in [-0.05, 0) is 68.9 Å². The number of likely N-dealkylation sites (tertiary alicyclic amines) is 1. The minimum Gasteiger partial charge on any atom is -0.390 e. The van der Waals surface area contributed by atoms with E-state index < -0.39 is 0 Å². The molecule has 4 aliphatic rings. The molecule has 3 saturated carbocycles. The van der Waals surface area contributed by atoms with Crippen molar-refractivity contribution in [1.82, 2.24) is 10.2 Å². The fraction of sp³-hybridized carbons (Fsp3) is 1.00. The molecule has 4 rings (SSSR count). The highest BCUT2D eigenvalue weighted by molar-refractivity contribution is 5.16. The maximum absolute atomic E-state index is 10.1. The van der Waals surface area contributed by atoms with Gasteiger partial charge < -0.3 is 15.3 Å². The van der Waals surface area contributed by atoms with Crippen molar-refractivity contribution in [2.75, 3.05) is 26.2 Å². The third-order valence-corrected chi connectivity index (χ3v) is 5.99. The second kappa shape index (κ2) is 4.46. The smallest absolute Gasteiger partial charge is 0.0791 e. The van der Waals surface area contributed by atoms with Crippen molar-refractivity contribution in [2.45, 2.75) is 44.2 Å². The molecular weight excluding hydrogens is 224 g/mol. The third-order valence-electron chi connectivity index (χ3n) is 5.99. The van der Waals surface area contributed by atoms with Gasteiger partial charge in [0.2, 0.25) is 0 Å². The second-order valence-corrected chi connectivity index (χ2v) is 7.08. The largest absolute Gasteiger partial charge is 0.390 e. The Balaban J connectivity index is 1.21. The van der Waals surface area contributed by atoms with Crippen molar-refractivity contribution in [3.8, 4) is 0 Å². The van der Waals surface area contributed by atoms with Crippen LogP contribution in [0, 0.1) is 23.7 Å². The molecule has 0 amide bonds. The molecule has 18 heavy (non-hydrogen) atoms. The fourth-order valence-corrected chi connectivity index (χ4v) is 5.20. The van der Waals surface area contributed by atoms with Crippen LogP contribution < -0.4 is 5.32 Å². The molecule has 5 atom stereocenters. The number of hydrogen-bond donors (Lipinski definition) is 2. The quantitative estimate of drug-likeness (QED) is 0.766. The first-order valence-electron chi connectivity index (χ1n) is 7.97. The van der Waals surface area contributed by atoms with Gasteiger partial charge in [0.15, 0.2) is 0 Å². The van der Waals surface area contributed by atoms with Crippen LogP contribution in [0.3, 0.4) is 0 Å². The molecule has 5 unspecified atom stereocenters. The Hall–Kier alpha value is -0.120. The Kier molecular flexibility index (Phi) is 2.90. The molecule has 1 aliphatic heterocycles. The lowest BCUT2D eigenvalue weighted by Crippen LogP contribution is -2.38. The van der Waals surface area contributed by atoms with E-state index in [1.165, 1.54) is 45.2 Å². The summed E-state index contributed by atoms with van der Waals surface area (Å²) in [4.78, 5) is 2.41. The van der Waals surface area contributed by atoms with Gasteiger partial charge in [-0.1, -0.05) is 0 Å². The Morgan fingerprint density at radius 2 is 1.78 bits per heavy atom. The second-order valence-electron chi connectivity index (χ2n) is 7.08. The average molecular weight is 250 g/mol. The molecule has 0 radical (unpaired) electrons. The van der Waals surface area contributed by atoms with E-state index >= 15 is 0 Å². The molecule has 2 bridgehead atoms. The molecular formula is C15H26N2O. The maximum Gasteiger partial charge on any atom is 0.0791 e. The molecule has 1 saturated heterocycles. The predicted octanol–water partition coefficient (Wildman–Crippen LogP) is 1.08. The van der Waals surface area contributed by atoms with E-state index in [9.17, 15) is 5.11 Å². The molecule has 3 heteroatoms. The van der Waals surface area contributed by atoms with Crippen LogP contribution in [0.4, 0.5) is 0 Å². The molecule has 3 aliphatic carbocycles. The summed E-state index contributed by atoms with van der Waals surface area (Å²) in [5, 5.41) is 13.7. The molecule has 1 heterocycles. The molecule has 3 nitrogen and oxygen atoms in total. The zero-order chi connectivity index (χ0) is 12.1. The molecule has 0 aromatic rings. The average Bonchev–Trinajstić information content (AvgIpc) is 2.83. The summed E-state index contributed by atoms with van der Waals surface area (Å²) in [6.07, 6.45) is 6.96. The van der Waals surface area contributed by atoms with Crippen LogP contribution in [-0.4, -0.2) is 48.3 Å². The first-order valence-corrected chi connectivity index (χ1v) is 7.97. The van der Waals surface area contributed by atoms with E-state index in [2.05, 4.69) is 10.2 Å². The van der Waals surface area contributed by atoms with Gasteiger partial charge in [0, 0.05) is 19.1 Å². The number of nitrogens with one attached hydrogen (secondary N) is 1. The Bertz CT molecular complexity index is 300. The minimum atomic E-state index is -0.165. The Morgan fingerprint density at radius 1 is 1.11 bits per heavy atom. The van der Waals surface area contributed by atoms with Crippen molar-refractivity contribution < 1.29 is 5.11 Å². The van der Waals surface area contributed by atoms with Gasteiger partial charge in [-0.15, -0.1) is 0 Å². The Morgan fingerprint density at radius 3 is 2.44 bits per heavy atom. The van der Waals surface area contributed by atoms with E-state index in [1.807, 2.05) is 0 Å². The summed E-state index contributed by atoms with van der Waals surface area (Å²) in [5.41, 5.74) is 0. The number of fused-ring (bicyclic) bond motifs is 5. The van der Waals surface area contributed by atoms with Gasteiger partial charge >= 0.3 is 0 Å². The summed E-state index contributed by atoms with van der Waals surface area (Å²) < 4.78 is 0. The molecule has 2 N–H and O–H groups in total. The van der Waals surface area contributed by atoms with E-state index in [0.29, 0.717) is 0 Å². The van der Waals surface area contributed by atoms with Crippen LogP contribution in [0.2, 0.25) is 0 Å². The highest BCUT2D eigenvalue weighted by atomic mass is 16.3. The number of nitrogens with zero attached hydrogens (tertiary/aromatic N) is 1. The standard InChI is InChI=1S/C15H26N2O/c18-12(9-17-5-1-2-6-17)8-16-15-13-10-3-4-11(7-10)14(13)15/h10-16,18H,1-9H2. The van der Waals surface area contributed by atoms with E-state index in [4.69, 9.17) is 0 Å². The number of hydrogen-bond acceptors (Lipinski definition) is 3. The molecule has 4 fully saturated rings. The summed E-state index contributed by atoms with van der Waals surface area (Å²) in [6.45, 7) is 4.07. The maximum atomic E-state index is 10.1. The minimum absolute atomic E-state index is 0.165. The van der Waals surface area contributed by atoms with Crippen molar-refractivity contribution in [3.63, 3.8) is 0 Å². The Labute approximate surface area is 110 Å². The summed E-state index contributed by atoms with van der Waals surface area (Å²) in [6, 6.07) is 0.768. The summed E-state index contributed by atoms with van der Waals surface area (Å²) in [7, 11) is 0. The number of β-amino-alcohol motifs (C(OH)–C–C–N with tert-alkyl or cyclic N) is 1. The van der Waals surface area contributed by atoms with Crippen LogP contribution in [0.15, 0.2) is 0 Å². The van der Waals surface area contributed by atoms with E-state index in [0.717, 1.165) is 42.8 Å². The molecule has 0 aromatic heterocycles. The van der Waals surface area contributed by atoms with Gasteiger partial charge in [-0.3, -0.25) is 0 Å². The van der Waals surface area contributed by atoms with Crippen LogP contribution in [0.1, 0.15) is 32.1 Å². The monoisotopic (exact) mass is 250 g/mol. The topological polar surface area (TPSA) is 35.5 Å². The lowest BCUT2D eigenvalue weighted by molar-refractivity contribution is 0.122. The van der Waals surface area contributed by atoms with E-state index in [-0.39, 0.29) is 6.10 Å². The predicted molar refractivity (Wildman–Crippen MR) is 71.3 cm³/mol. The van der Waals surface area contributed by atoms with Crippen LogP contribution in [-0.2, 0) is 0 Å². The van der Waals surface area contributed by atoms with Crippen molar-refractivity contribution in [2.24, 2.45) is 23.7 Å². The summed E-state index contributed by atoms with van der Waals surface area (Å²) in [5.74, 6) is 4.05. The van der Waals surface area contributed by atoms with Gasteiger partial charge in [0.1, 0.15) is 0 Å². The molecule has 102 valence electrons. The molecule has 0 aromatic carbocycles. The lowest BCUT2D eigenvalue weighted by Gasteiger charge is -2.20. The SMILES string of the molecule is OC(CNC1C2C3CCC(C3)C12)CN1CCCC1. The highest BCUT2D eigenvalue weighted by Crippen LogP contribution is 2.65. The van der Waals surface area contributed by atoms with Gasteiger partial charge in [0.05, 0.1) is 6.10 Å². The first-order chi connectivity index (χ1) is 8.83. The van der Waals surface area contributed by atoms with Crippen molar-refractivity contribution in [3.05, 3.63) is 0 Å². The summed E-state index contributed by atoms with van der Waals surface area (Å²) >= 11 is 0. The van der Waals surface area contributed by atoms with Gasteiger partial charge in [-0.2, -0.15) is 0 Å². The first kappa shape index (κ1) is 11.7. The van der Waals surface area contributed by atoms with Crippen LogP contribution >= 0.6 is 0 Å². The number of aliphatic hydroxyl groups excluding tert-OH is 1. The van der Waals surface area contributed by atoms with Gasteiger partial charge in [0.25, 0.3) is 0 Å².